The fourth-order valence-corrected chi connectivity index (χ4v) is 5.33. The average molecular weight is 433 g/mol. The van der Waals surface area contributed by atoms with Gasteiger partial charge in [0.05, 0.1) is 10.3 Å². The Balaban J connectivity index is 0.00000242. The highest BCUT2D eigenvalue weighted by molar-refractivity contribution is 9.11. The van der Waals surface area contributed by atoms with E-state index in [0.717, 1.165) is 28.1 Å². The lowest BCUT2D eigenvalue weighted by molar-refractivity contribution is -0.129. The molecule has 0 spiro atoms. The van der Waals surface area contributed by atoms with Crippen molar-refractivity contribution in [1.29, 1.82) is 0 Å². The molecule has 1 saturated heterocycles. The van der Waals surface area contributed by atoms with Gasteiger partial charge < -0.3 is 10.2 Å². The predicted molar refractivity (Wildman–Crippen MR) is 93.1 cm³/mol. The SMILES string of the molecule is CNCC1CCN(C(=O)CNS(=O)(=O)c2ccc(Br)s2)C1.Cl. The Hall–Kier alpha value is -0.190. The van der Waals surface area contributed by atoms with Crippen molar-refractivity contribution in [2.45, 2.75) is 10.6 Å². The van der Waals surface area contributed by atoms with E-state index in [4.69, 9.17) is 0 Å². The van der Waals surface area contributed by atoms with Crippen LogP contribution in [0.2, 0.25) is 0 Å². The van der Waals surface area contributed by atoms with Crippen molar-refractivity contribution in [2.24, 2.45) is 5.92 Å². The zero-order chi connectivity index (χ0) is 15.5. The molecule has 1 aromatic rings. The van der Waals surface area contributed by atoms with Gasteiger partial charge in [0.2, 0.25) is 5.91 Å². The highest BCUT2D eigenvalue weighted by Crippen LogP contribution is 2.25. The zero-order valence-corrected chi connectivity index (χ0v) is 16.1. The number of nitrogens with zero attached hydrogens (tertiary/aromatic N) is 1. The number of halogens is 2. The number of hydrogen-bond donors (Lipinski definition) is 2. The minimum Gasteiger partial charge on any atom is -0.341 e. The third-order valence-electron chi connectivity index (χ3n) is 3.36. The summed E-state index contributed by atoms with van der Waals surface area (Å²) in [7, 11) is -1.72. The van der Waals surface area contributed by atoms with Gasteiger partial charge in [-0.1, -0.05) is 0 Å². The molecule has 0 radical (unpaired) electrons. The van der Waals surface area contributed by atoms with Crippen LogP contribution in [0.25, 0.3) is 0 Å². The molecule has 0 aromatic carbocycles. The predicted octanol–water partition coefficient (Wildman–Crippen LogP) is 1.28. The van der Waals surface area contributed by atoms with Crippen LogP contribution in [0.3, 0.4) is 0 Å². The van der Waals surface area contributed by atoms with E-state index >= 15 is 0 Å². The molecular formula is C12H19BrClN3O3S2. The van der Waals surface area contributed by atoms with E-state index in [9.17, 15) is 13.2 Å². The van der Waals surface area contributed by atoms with E-state index in [0.29, 0.717) is 19.0 Å². The van der Waals surface area contributed by atoms with Gasteiger partial charge in [-0.2, -0.15) is 0 Å². The fraction of sp³-hybridized carbons (Fsp3) is 0.583. The van der Waals surface area contributed by atoms with E-state index in [1.54, 1.807) is 11.0 Å². The van der Waals surface area contributed by atoms with Crippen molar-refractivity contribution in [3.8, 4) is 0 Å². The van der Waals surface area contributed by atoms with Crippen molar-refractivity contribution in [1.82, 2.24) is 14.9 Å². The fourth-order valence-electron chi connectivity index (χ4n) is 2.30. The van der Waals surface area contributed by atoms with E-state index in [-0.39, 0.29) is 29.1 Å². The summed E-state index contributed by atoms with van der Waals surface area (Å²) in [5, 5.41) is 3.10. The molecule has 1 aliphatic rings. The van der Waals surface area contributed by atoms with Crippen molar-refractivity contribution in [2.75, 3.05) is 33.2 Å². The maximum atomic E-state index is 12.1. The minimum absolute atomic E-state index is 0. The number of likely N-dealkylation sites (tertiary alicyclic amines) is 1. The van der Waals surface area contributed by atoms with Crippen LogP contribution in [-0.2, 0) is 14.8 Å². The second-order valence-corrected chi connectivity index (χ2v) is 9.39. The number of hydrogen-bond acceptors (Lipinski definition) is 5. The number of sulfonamides is 1. The first-order chi connectivity index (χ1) is 9.92. The van der Waals surface area contributed by atoms with Crippen LogP contribution in [0.4, 0.5) is 0 Å². The van der Waals surface area contributed by atoms with E-state index < -0.39 is 10.0 Å². The Bertz CT molecular complexity index is 609. The number of thiophene rings is 1. The number of nitrogens with one attached hydrogen (secondary N) is 2. The minimum atomic E-state index is -3.61. The van der Waals surface area contributed by atoms with Crippen molar-refractivity contribution in [3.63, 3.8) is 0 Å². The molecule has 2 N–H and O–H groups in total. The smallest absolute Gasteiger partial charge is 0.250 e. The van der Waals surface area contributed by atoms with Gasteiger partial charge in [-0.05, 0) is 54.0 Å². The first-order valence-electron chi connectivity index (χ1n) is 6.60. The summed E-state index contributed by atoms with van der Waals surface area (Å²) in [5.41, 5.74) is 0. The molecule has 2 heterocycles. The summed E-state index contributed by atoms with van der Waals surface area (Å²) in [6, 6.07) is 3.18. The number of amides is 1. The highest BCUT2D eigenvalue weighted by Gasteiger charge is 2.26. The molecule has 1 aliphatic heterocycles. The quantitative estimate of drug-likeness (QED) is 0.710. The van der Waals surface area contributed by atoms with Crippen LogP contribution in [0.15, 0.2) is 20.1 Å². The Labute approximate surface area is 149 Å². The molecule has 0 saturated carbocycles. The van der Waals surface area contributed by atoms with Gasteiger partial charge in [-0.25, -0.2) is 13.1 Å². The first-order valence-corrected chi connectivity index (χ1v) is 9.69. The molecule has 22 heavy (non-hydrogen) atoms. The van der Waals surface area contributed by atoms with E-state index in [1.165, 1.54) is 6.07 Å². The summed E-state index contributed by atoms with van der Waals surface area (Å²) >= 11 is 4.34. The van der Waals surface area contributed by atoms with Gasteiger partial charge in [0, 0.05) is 13.1 Å². The van der Waals surface area contributed by atoms with Gasteiger partial charge >= 0.3 is 0 Å². The van der Waals surface area contributed by atoms with Gasteiger partial charge in [-0.15, -0.1) is 23.7 Å². The van der Waals surface area contributed by atoms with Crippen molar-refractivity contribution < 1.29 is 13.2 Å². The number of rotatable bonds is 6. The Morgan fingerprint density at radius 2 is 2.23 bits per heavy atom. The number of carbonyl (C=O) groups excluding carboxylic acids is 1. The third kappa shape index (κ3) is 5.17. The molecule has 1 unspecified atom stereocenters. The lowest BCUT2D eigenvalue weighted by Gasteiger charge is -2.16. The number of carbonyl (C=O) groups is 1. The van der Waals surface area contributed by atoms with Crippen LogP contribution in [0.5, 0.6) is 0 Å². The van der Waals surface area contributed by atoms with Gasteiger partial charge in [-0.3, -0.25) is 4.79 Å². The van der Waals surface area contributed by atoms with E-state index in [2.05, 4.69) is 26.0 Å². The van der Waals surface area contributed by atoms with E-state index in [1.807, 2.05) is 7.05 Å². The first kappa shape index (κ1) is 19.9. The molecule has 1 fully saturated rings. The lowest BCUT2D eigenvalue weighted by atomic mass is 10.1. The third-order valence-corrected chi connectivity index (χ3v) is 6.87. The van der Waals surface area contributed by atoms with Gasteiger partial charge in [0.25, 0.3) is 10.0 Å². The Morgan fingerprint density at radius 3 is 2.82 bits per heavy atom. The highest BCUT2D eigenvalue weighted by atomic mass is 79.9. The lowest BCUT2D eigenvalue weighted by Crippen LogP contribution is -2.39. The van der Waals surface area contributed by atoms with Crippen LogP contribution in [0.1, 0.15) is 6.42 Å². The second kappa shape index (κ2) is 8.60. The van der Waals surface area contributed by atoms with Crippen molar-refractivity contribution in [3.05, 3.63) is 15.9 Å². The topological polar surface area (TPSA) is 78.5 Å². The summed E-state index contributed by atoms with van der Waals surface area (Å²) in [4.78, 5) is 13.8. The Kier molecular flexibility index (Phi) is 7.76. The zero-order valence-electron chi connectivity index (χ0n) is 12.0. The summed E-state index contributed by atoms with van der Waals surface area (Å²) < 4.78 is 27.4. The largest absolute Gasteiger partial charge is 0.341 e. The van der Waals surface area contributed by atoms with Crippen LogP contribution < -0.4 is 10.0 Å². The molecule has 1 aromatic heterocycles. The maximum absolute atomic E-state index is 12.1. The van der Waals surface area contributed by atoms with Crippen molar-refractivity contribution >= 4 is 55.6 Å². The van der Waals surface area contributed by atoms with Gasteiger partial charge in [0.1, 0.15) is 4.21 Å². The van der Waals surface area contributed by atoms with Crippen LogP contribution in [0, 0.1) is 5.92 Å². The summed E-state index contributed by atoms with van der Waals surface area (Å²) in [6.07, 6.45) is 0.956. The molecule has 6 nitrogen and oxygen atoms in total. The Morgan fingerprint density at radius 1 is 1.50 bits per heavy atom. The van der Waals surface area contributed by atoms with Crippen LogP contribution >= 0.6 is 39.7 Å². The molecule has 1 atom stereocenters. The average Bonchev–Trinajstić information content (AvgIpc) is 3.06. The van der Waals surface area contributed by atoms with Gasteiger partial charge in [0.15, 0.2) is 0 Å². The molecule has 0 aliphatic carbocycles. The van der Waals surface area contributed by atoms with Crippen LogP contribution in [-0.4, -0.2) is 52.5 Å². The molecule has 126 valence electrons. The monoisotopic (exact) mass is 431 g/mol. The summed E-state index contributed by atoms with van der Waals surface area (Å²) in [5.74, 6) is 0.275. The second-order valence-electron chi connectivity index (χ2n) is 4.94. The molecule has 10 heteroatoms. The standard InChI is InChI=1S/C12H18BrN3O3S2.ClH/c1-14-6-9-4-5-16(8-9)11(17)7-15-21(18,19)12-3-2-10(13)20-12;/h2-3,9,14-15H,4-8H2,1H3;1H. The molecule has 0 bridgehead atoms. The normalized spacial score (nSPS) is 18.3. The summed E-state index contributed by atoms with van der Waals surface area (Å²) in [6.45, 7) is 2.06. The molecule has 2 rings (SSSR count). The molecular weight excluding hydrogens is 414 g/mol. The molecule has 1 amide bonds. The maximum Gasteiger partial charge on any atom is 0.250 e.